The summed E-state index contributed by atoms with van der Waals surface area (Å²) in [5.74, 6) is 1.39. The van der Waals surface area contributed by atoms with Gasteiger partial charge in [0.2, 0.25) is 5.71 Å². The largest absolute Gasteiger partial charge is 0.497 e. The Hall–Kier alpha value is -1.71. The van der Waals surface area contributed by atoms with E-state index in [1.807, 2.05) is 26.8 Å². The van der Waals surface area contributed by atoms with Crippen LogP contribution in [0.15, 0.2) is 18.2 Å². The fourth-order valence-corrected chi connectivity index (χ4v) is 3.89. The first-order valence-electron chi connectivity index (χ1n) is 7.67. The molecule has 0 aromatic heterocycles. The van der Waals surface area contributed by atoms with E-state index in [1.165, 1.54) is 11.1 Å². The lowest BCUT2D eigenvalue weighted by Crippen LogP contribution is -2.50. The summed E-state index contributed by atoms with van der Waals surface area (Å²) in [6.07, 6.45) is 2.76. The minimum Gasteiger partial charge on any atom is -0.497 e. The Bertz CT molecular complexity index is 592. The summed E-state index contributed by atoms with van der Waals surface area (Å²) in [4.78, 5) is 6.39. The molecule has 0 bridgehead atoms. The van der Waals surface area contributed by atoms with Gasteiger partial charge >= 0.3 is 0 Å². The molecule has 4 heteroatoms. The number of rotatable bonds is 2. The van der Waals surface area contributed by atoms with E-state index in [-0.39, 0.29) is 5.92 Å². The summed E-state index contributed by atoms with van der Waals surface area (Å²) < 4.78 is 5.33. The number of fused-ring (bicyclic) bond motifs is 3. The molecule has 2 aliphatic rings. The third-order valence-electron chi connectivity index (χ3n) is 4.98. The molecule has 0 N–H and O–H groups in total. The van der Waals surface area contributed by atoms with Gasteiger partial charge in [0.05, 0.1) is 18.6 Å². The van der Waals surface area contributed by atoms with Crippen LogP contribution in [-0.4, -0.2) is 23.3 Å². The van der Waals surface area contributed by atoms with Crippen molar-refractivity contribution in [1.82, 2.24) is 0 Å². The van der Waals surface area contributed by atoms with Gasteiger partial charge in [0.25, 0.3) is 0 Å². The van der Waals surface area contributed by atoms with Crippen molar-refractivity contribution >= 4 is 5.71 Å². The molecule has 0 radical (unpaired) electrons. The quantitative estimate of drug-likeness (QED) is 0.784. The van der Waals surface area contributed by atoms with E-state index in [0.717, 1.165) is 29.2 Å². The van der Waals surface area contributed by atoms with Crippen molar-refractivity contribution in [3.05, 3.63) is 34.5 Å². The third kappa shape index (κ3) is 2.17. The smallest absolute Gasteiger partial charge is 0.229 e. The predicted molar refractivity (Wildman–Crippen MR) is 81.6 cm³/mol. The molecule has 114 valence electrons. The second-order valence-electron chi connectivity index (χ2n) is 6.48. The van der Waals surface area contributed by atoms with Gasteiger partial charge in [-0.2, -0.15) is 0 Å². The fraction of sp³-hybridized carbons (Fsp3) is 0.588. The summed E-state index contributed by atoms with van der Waals surface area (Å²) in [7, 11) is 1.69. The first-order valence-corrected chi connectivity index (χ1v) is 7.67. The fourth-order valence-electron chi connectivity index (χ4n) is 3.89. The van der Waals surface area contributed by atoms with Crippen LogP contribution in [0.25, 0.3) is 0 Å². The lowest BCUT2D eigenvalue weighted by molar-refractivity contribution is -0.774. The van der Waals surface area contributed by atoms with Crippen molar-refractivity contribution in [3.63, 3.8) is 0 Å². The third-order valence-corrected chi connectivity index (χ3v) is 4.98. The highest BCUT2D eigenvalue weighted by molar-refractivity contribution is 5.88. The average molecular weight is 289 g/mol. The molecule has 2 atom stereocenters. The number of hydrogen-bond donors (Lipinski definition) is 0. The molecule has 1 aromatic rings. The summed E-state index contributed by atoms with van der Waals surface area (Å²) >= 11 is 0. The van der Waals surface area contributed by atoms with E-state index in [4.69, 9.17) is 9.57 Å². The maximum Gasteiger partial charge on any atom is 0.229 e. The summed E-state index contributed by atoms with van der Waals surface area (Å²) in [6.45, 7) is 6.07. The van der Waals surface area contributed by atoms with Crippen molar-refractivity contribution in [1.29, 1.82) is 0 Å². The van der Waals surface area contributed by atoms with Crippen LogP contribution in [0.1, 0.15) is 50.7 Å². The predicted octanol–water partition coefficient (Wildman–Crippen LogP) is 3.43. The maximum absolute atomic E-state index is 12.3. The first kappa shape index (κ1) is 14.2. The number of benzene rings is 1. The van der Waals surface area contributed by atoms with Crippen LogP contribution in [0.4, 0.5) is 0 Å². The highest BCUT2D eigenvalue weighted by atomic mass is 16.9. The summed E-state index contributed by atoms with van der Waals surface area (Å²) in [6, 6.07) is 6.22. The standard InChI is InChI=1S/C17H23NO3/c1-5-15-16-13-8-7-12(20-4)10-11(13)6-9-14(16)17(2,3)21-18(15)19/h7-8,10,14,16H,5-6,9H2,1-4H3. The Kier molecular flexibility index (Phi) is 3.34. The molecular weight excluding hydrogens is 266 g/mol. The molecule has 0 saturated carbocycles. The molecule has 0 fully saturated rings. The number of ether oxygens (including phenoxy) is 1. The van der Waals surface area contributed by atoms with E-state index < -0.39 is 5.60 Å². The Morgan fingerprint density at radius 2 is 2.19 bits per heavy atom. The molecule has 0 spiro atoms. The van der Waals surface area contributed by atoms with Crippen molar-refractivity contribution in [3.8, 4) is 5.75 Å². The van der Waals surface area contributed by atoms with Gasteiger partial charge in [-0.15, -0.1) is 0 Å². The maximum atomic E-state index is 12.3. The molecule has 4 nitrogen and oxygen atoms in total. The zero-order valence-corrected chi connectivity index (χ0v) is 13.2. The molecule has 1 aliphatic heterocycles. The van der Waals surface area contributed by atoms with Gasteiger partial charge in [-0.3, -0.25) is 5.21 Å². The zero-order chi connectivity index (χ0) is 15.2. The molecule has 0 amide bonds. The highest BCUT2D eigenvalue weighted by Crippen LogP contribution is 2.47. The van der Waals surface area contributed by atoms with Crippen LogP contribution < -0.4 is 4.74 Å². The average Bonchev–Trinajstić information content (AvgIpc) is 2.45. The topological polar surface area (TPSA) is 44.5 Å². The van der Waals surface area contributed by atoms with E-state index in [9.17, 15) is 5.21 Å². The number of hydrogen-bond acceptors (Lipinski definition) is 3. The van der Waals surface area contributed by atoms with Crippen LogP contribution in [0, 0.1) is 11.1 Å². The zero-order valence-electron chi connectivity index (χ0n) is 13.2. The Labute approximate surface area is 125 Å². The van der Waals surface area contributed by atoms with Gasteiger partial charge in [0, 0.05) is 11.3 Å². The van der Waals surface area contributed by atoms with Gasteiger partial charge in [0.1, 0.15) is 5.75 Å². The van der Waals surface area contributed by atoms with E-state index in [2.05, 4.69) is 12.1 Å². The van der Waals surface area contributed by atoms with Crippen molar-refractivity contribution in [2.45, 2.75) is 51.6 Å². The van der Waals surface area contributed by atoms with E-state index in [1.54, 1.807) is 7.11 Å². The summed E-state index contributed by atoms with van der Waals surface area (Å²) in [5, 5.41) is 12.3. The Morgan fingerprint density at radius 1 is 1.43 bits per heavy atom. The van der Waals surface area contributed by atoms with Crippen LogP contribution in [-0.2, 0) is 11.3 Å². The molecule has 2 unspecified atom stereocenters. The molecule has 1 heterocycles. The van der Waals surface area contributed by atoms with Crippen LogP contribution in [0.5, 0.6) is 5.75 Å². The lowest BCUT2D eigenvalue weighted by atomic mass is 9.66. The van der Waals surface area contributed by atoms with Crippen LogP contribution in [0.2, 0.25) is 0 Å². The number of aryl methyl sites for hydroxylation is 1. The van der Waals surface area contributed by atoms with Gasteiger partial charge in [-0.1, -0.05) is 13.0 Å². The lowest BCUT2D eigenvalue weighted by Gasteiger charge is -2.46. The molecule has 21 heavy (non-hydrogen) atoms. The van der Waals surface area contributed by atoms with Crippen LogP contribution >= 0.6 is 0 Å². The SMILES string of the molecule is CCC1=[N+]([O-])OC(C)(C)C2CCc3cc(OC)ccc3C12. The van der Waals surface area contributed by atoms with Gasteiger partial charge in [0.15, 0.2) is 0 Å². The van der Waals surface area contributed by atoms with Crippen LogP contribution in [0.3, 0.4) is 0 Å². The van der Waals surface area contributed by atoms with Crippen molar-refractivity contribution in [2.24, 2.45) is 5.92 Å². The molecule has 3 rings (SSSR count). The summed E-state index contributed by atoms with van der Waals surface area (Å²) in [5.41, 5.74) is 2.97. The van der Waals surface area contributed by atoms with E-state index >= 15 is 0 Å². The normalized spacial score (nSPS) is 26.7. The van der Waals surface area contributed by atoms with E-state index in [0.29, 0.717) is 12.3 Å². The molecular formula is C17H23NO3. The monoisotopic (exact) mass is 289 g/mol. The second kappa shape index (κ2) is 4.93. The molecule has 0 saturated heterocycles. The number of methoxy groups -OCH3 is 1. The molecule has 1 aliphatic carbocycles. The van der Waals surface area contributed by atoms with Gasteiger partial charge in [-0.25, -0.2) is 0 Å². The second-order valence-corrected chi connectivity index (χ2v) is 6.48. The minimum absolute atomic E-state index is 0.158. The highest BCUT2D eigenvalue weighted by Gasteiger charge is 2.48. The number of nitrogens with zero attached hydrogens (tertiary/aromatic N) is 1. The minimum atomic E-state index is -0.428. The van der Waals surface area contributed by atoms with Crippen molar-refractivity contribution in [2.75, 3.05) is 7.11 Å². The Morgan fingerprint density at radius 3 is 2.86 bits per heavy atom. The first-order chi connectivity index (χ1) is 9.97. The van der Waals surface area contributed by atoms with Gasteiger partial charge in [-0.05, 0) is 55.9 Å². The Balaban J connectivity index is 2.14. The van der Waals surface area contributed by atoms with Gasteiger partial charge < -0.3 is 9.57 Å². The molecule has 1 aromatic carbocycles. The van der Waals surface area contributed by atoms with Crippen molar-refractivity contribution < 1.29 is 14.5 Å².